The highest BCUT2D eigenvalue weighted by atomic mass is 14.7. The Labute approximate surface area is 272 Å². The quantitative estimate of drug-likeness (QED) is 0.186. The summed E-state index contributed by atoms with van der Waals surface area (Å²) in [6.45, 7) is 4.72. The number of hydrogen-bond acceptors (Lipinski definition) is 3. The molecule has 10 rings (SSSR count). The van der Waals surface area contributed by atoms with Crippen molar-refractivity contribution in [2.24, 2.45) is 0 Å². The van der Waals surface area contributed by atoms with E-state index in [1.807, 2.05) is 24.5 Å². The second-order valence-corrected chi connectivity index (χ2v) is 13.2. The molecule has 0 aliphatic heterocycles. The van der Waals surface area contributed by atoms with E-state index in [0.717, 1.165) is 33.0 Å². The van der Waals surface area contributed by atoms with E-state index >= 15 is 0 Å². The van der Waals surface area contributed by atoms with Gasteiger partial charge < -0.3 is 0 Å². The molecule has 3 heteroatoms. The number of hydrogen-bond donors (Lipinski definition) is 0. The van der Waals surface area contributed by atoms with Crippen LogP contribution in [-0.2, 0) is 5.41 Å². The van der Waals surface area contributed by atoms with Crippen molar-refractivity contribution >= 4 is 54.3 Å². The standard InChI is InChI=1S/C44H29N3/c1-44(2)36-18-8-7-16-34(36)42-40(44)39(38-28-13-4-3-11-26(28)19-22-37(38)47-42)32-21-20-31(29-14-5-6-15-30(29)32)35-25-27-12-9-23-45-41(27)43-33(35)17-10-24-46-43/h3-25H,1-2H3. The van der Waals surface area contributed by atoms with Gasteiger partial charge in [-0.15, -0.1) is 0 Å². The van der Waals surface area contributed by atoms with E-state index in [9.17, 15) is 0 Å². The first kappa shape index (κ1) is 26.3. The summed E-state index contributed by atoms with van der Waals surface area (Å²) in [7, 11) is 0. The lowest BCUT2D eigenvalue weighted by Gasteiger charge is -2.26. The van der Waals surface area contributed by atoms with Crippen LogP contribution >= 0.6 is 0 Å². The molecule has 0 bridgehead atoms. The molecule has 3 heterocycles. The van der Waals surface area contributed by atoms with E-state index in [1.54, 1.807) is 0 Å². The van der Waals surface area contributed by atoms with Crippen molar-refractivity contribution in [2.45, 2.75) is 19.3 Å². The Hall–Kier alpha value is -5.93. The summed E-state index contributed by atoms with van der Waals surface area (Å²) in [6.07, 6.45) is 3.71. The number of nitrogens with zero attached hydrogens (tertiary/aromatic N) is 3. The van der Waals surface area contributed by atoms with Crippen molar-refractivity contribution in [3.8, 4) is 33.5 Å². The number of aromatic nitrogens is 3. The summed E-state index contributed by atoms with van der Waals surface area (Å²) < 4.78 is 0. The molecule has 1 aliphatic carbocycles. The van der Waals surface area contributed by atoms with Crippen molar-refractivity contribution in [2.75, 3.05) is 0 Å². The van der Waals surface area contributed by atoms with Crippen LogP contribution in [0.25, 0.3) is 87.8 Å². The van der Waals surface area contributed by atoms with Gasteiger partial charge in [0, 0.05) is 39.5 Å². The molecule has 1 aliphatic rings. The average molecular weight is 600 g/mol. The third-order valence-electron chi connectivity index (χ3n) is 10.3. The lowest BCUT2D eigenvalue weighted by atomic mass is 9.77. The van der Waals surface area contributed by atoms with E-state index in [0.29, 0.717) is 0 Å². The Kier molecular flexibility index (Phi) is 5.34. The maximum atomic E-state index is 5.42. The number of rotatable bonds is 2. The molecule has 0 fully saturated rings. The molecule has 0 radical (unpaired) electrons. The molecule has 0 N–H and O–H groups in total. The molecule has 0 amide bonds. The number of benzene rings is 6. The highest BCUT2D eigenvalue weighted by Crippen LogP contribution is 2.55. The summed E-state index contributed by atoms with van der Waals surface area (Å²) >= 11 is 0. The minimum absolute atomic E-state index is 0.230. The van der Waals surface area contributed by atoms with Gasteiger partial charge in [-0.3, -0.25) is 9.97 Å². The fourth-order valence-electron chi connectivity index (χ4n) is 8.23. The highest BCUT2D eigenvalue weighted by Gasteiger charge is 2.40. The van der Waals surface area contributed by atoms with Crippen LogP contribution in [0.4, 0.5) is 0 Å². The SMILES string of the molecule is CC1(C)c2ccccc2-c2nc3ccc4ccccc4c3c(-c3ccc(-c4cc5cccnc5c5ncccc45)c4ccccc34)c21. The van der Waals surface area contributed by atoms with Gasteiger partial charge in [-0.1, -0.05) is 117 Å². The van der Waals surface area contributed by atoms with Crippen molar-refractivity contribution in [3.05, 3.63) is 151 Å². The van der Waals surface area contributed by atoms with Crippen LogP contribution in [0.15, 0.2) is 140 Å². The lowest BCUT2D eigenvalue weighted by Crippen LogP contribution is -2.17. The molecule has 6 aromatic carbocycles. The van der Waals surface area contributed by atoms with Crippen LogP contribution in [0, 0.1) is 0 Å². The molecule has 0 saturated carbocycles. The van der Waals surface area contributed by atoms with E-state index in [4.69, 9.17) is 15.0 Å². The molecule has 47 heavy (non-hydrogen) atoms. The van der Waals surface area contributed by atoms with Crippen LogP contribution in [0.5, 0.6) is 0 Å². The first-order valence-corrected chi connectivity index (χ1v) is 16.2. The van der Waals surface area contributed by atoms with Gasteiger partial charge >= 0.3 is 0 Å². The predicted octanol–water partition coefficient (Wildman–Crippen LogP) is 11.3. The van der Waals surface area contributed by atoms with Gasteiger partial charge in [0.15, 0.2) is 0 Å². The van der Waals surface area contributed by atoms with Crippen LogP contribution < -0.4 is 0 Å². The maximum absolute atomic E-state index is 5.42. The number of pyridine rings is 3. The van der Waals surface area contributed by atoms with Crippen molar-refractivity contribution < 1.29 is 0 Å². The zero-order valence-electron chi connectivity index (χ0n) is 26.1. The normalized spacial score (nSPS) is 13.5. The first-order valence-electron chi connectivity index (χ1n) is 16.2. The Morgan fingerprint density at radius 1 is 0.489 bits per heavy atom. The van der Waals surface area contributed by atoms with E-state index < -0.39 is 0 Å². The Morgan fingerprint density at radius 2 is 1.15 bits per heavy atom. The number of fused-ring (bicyclic) bond motifs is 10. The van der Waals surface area contributed by atoms with Crippen molar-refractivity contribution in [3.63, 3.8) is 0 Å². The fraction of sp³-hybridized carbons (Fsp3) is 0.0682. The molecule has 0 saturated heterocycles. The second kappa shape index (κ2) is 9.54. The van der Waals surface area contributed by atoms with Gasteiger partial charge in [0.1, 0.15) is 0 Å². The van der Waals surface area contributed by atoms with Gasteiger partial charge in [0.25, 0.3) is 0 Å². The Bertz CT molecular complexity index is 2770. The second-order valence-electron chi connectivity index (χ2n) is 13.2. The Morgan fingerprint density at radius 3 is 2.02 bits per heavy atom. The third-order valence-corrected chi connectivity index (χ3v) is 10.3. The van der Waals surface area contributed by atoms with E-state index in [1.165, 1.54) is 65.9 Å². The molecular weight excluding hydrogens is 571 g/mol. The van der Waals surface area contributed by atoms with Crippen molar-refractivity contribution in [1.82, 2.24) is 15.0 Å². The molecule has 9 aromatic rings. The maximum Gasteiger partial charge on any atom is 0.0970 e. The summed E-state index contributed by atoms with van der Waals surface area (Å²) in [5.41, 5.74) is 12.5. The summed E-state index contributed by atoms with van der Waals surface area (Å²) in [6, 6.07) is 46.1. The first-order chi connectivity index (χ1) is 23.1. The zero-order chi connectivity index (χ0) is 31.3. The van der Waals surface area contributed by atoms with Gasteiger partial charge in [0.05, 0.1) is 22.2 Å². The lowest BCUT2D eigenvalue weighted by molar-refractivity contribution is 0.662. The molecule has 3 nitrogen and oxygen atoms in total. The van der Waals surface area contributed by atoms with E-state index in [2.05, 4.69) is 129 Å². The smallest absolute Gasteiger partial charge is 0.0970 e. The molecule has 3 aromatic heterocycles. The minimum atomic E-state index is -0.230. The van der Waals surface area contributed by atoms with Gasteiger partial charge in [0.2, 0.25) is 0 Å². The van der Waals surface area contributed by atoms with Gasteiger partial charge in [-0.05, 0) is 79.2 Å². The van der Waals surface area contributed by atoms with Crippen LogP contribution in [-0.4, -0.2) is 15.0 Å². The summed E-state index contributed by atoms with van der Waals surface area (Å²) in [5.74, 6) is 0. The van der Waals surface area contributed by atoms with Crippen LogP contribution in [0.1, 0.15) is 25.0 Å². The van der Waals surface area contributed by atoms with Gasteiger partial charge in [-0.2, -0.15) is 0 Å². The minimum Gasteiger partial charge on any atom is -0.254 e. The van der Waals surface area contributed by atoms with Crippen LogP contribution in [0.3, 0.4) is 0 Å². The van der Waals surface area contributed by atoms with Crippen LogP contribution in [0.2, 0.25) is 0 Å². The summed E-state index contributed by atoms with van der Waals surface area (Å²) in [4.78, 5) is 14.9. The largest absolute Gasteiger partial charge is 0.254 e. The molecule has 220 valence electrons. The molecule has 0 atom stereocenters. The predicted molar refractivity (Wildman–Crippen MR) is 196 cm³/mol. The zero-order valence-corrected chi connectivity index (χ0v) is 26.1. The highest BCUT2D eigenvalue weighted by molar-refractivity contribution is 6.20. The molecule has 0 unspecified atom stereocenters. The molecular formula is C44H29N3. The third kappa shape index (κ3) is 3.60. The van der Waals surface area contributed by atoms with Crippen molar-refractivity contribution in [1.29, 1.82) is 0 Å². The monoisotopic (exact) mass is 599 g/mol. The summed E-state index contributed by atoms with van der Waals surface area (Å²) in [5, 5.41) is 8.30. The average Bonchev–Trinajstić information content (AvgIpc) is 3.35. The molecule has 0 spiro atoms. The fourth-order valence-corrected chi connectivity index (χ4v) is 8.23. The van der Waals surface area contributed by atoms with E-state index in [-0.39, 0.29) is 5.41 Å². The Balaban J connectivity index is 1.36. The van der Waals surface area contributed by atoms with Gasteiger partial charge in [-0.25, -0.2) is 4.98 Å². The topological polar surface area (TPSA) is 38.7 Å².